The minimum Gasteiger partial charge on any atom is -0.467 e. The monoisotopic (exact) mass is 388 g/mol. The first kappa shape index (κ1) is 17.5. The number of sulfone groups is 1. The molecule has 1 aliphatic heterocycles. The fraction of sp³-hybridized carbons (Fsp3) is 0.316. The Bertz CT molecular complexity index is 1020. The van der Waals surface area contributed by atoms with Crippen LogP contribution in [0.15, 0.2) is 47.4 Å². The van der Waals surface area contributed by atoms with E-state index in [1.165, 1.54) is 6.26 Å². The molecule has 7 heteroatoms. The van der Waals surface area contributed by atoms with E-state index in [-0.39, 0.29) is 6.10 Å². The second kappa shape index (κ2) is 6.98. The summed E-state index contributed by atoms with van der Waals surface area (Å²) in [5.74, 6) is 0. The molecule has 0 unspecified atom stereocenters. The molecule has 1 aromatic heterocycles. The van der Waals surface area contributed by atoms with Gasteiger partial charge in [-0.3, -0.25) is 0 Å². The lowest BCUT2D eigenvalue weighted by Gasteiger charge is -2.22. The first-order chi connectivity index (χ1) is 12.5. The van der Waals surface area contributed by atoms with Crippen molar-refractivity contribution in [2.24, 2.45) is 0 Å². The number of hydrogen-bond acceptors (Lipinski definition) is 6. The summed E-state index contributed by atoms with van der Waals surface area (Å²) in [4.78, 5) is 4.92. The SMILES string of the molecule is CS(=O)(=O)c1ccc(-c2ccc3nc(OC4CCNCC4)sc3c2)cc1. The number of hydrogen-bond donors (Lipinski definition) is 1. The number of aromatic nitrogens is 1. The highest BCUT2D eigenvalue weighted by atomic mass is 32.2. The van der Waals surface area contributed by atoms with Gasteiger partial charge in [0.2, 0.25) is 0 Å². The first-order valence-electron chi connectivity index (χ1n) is 8.57. The average molecular weight is 389 g/mol. The standard InChI is InChI=1S/C19H20N2O3S2/c1-26(22,23)16-5-2-13(3-6-16)14-4-7-17-18(12-14)25-19(21-17)24-15-8-10-20-11-9-15/h2-7,12,15,20H,8-11H2,1H3. The van der Waals surface area contributed by atoms with Crippen LogP contribution < -0.4 is 10.1 Å². The molecule has 0 spiro atoms. The smallest absolute Gasteiger partial charge is 0.274 e. The zero-order valence-electron chi connectivity index (χ0n) is 14.4. The molecule has 1 fully saturated rings. The highest BCUT2D eigenvalue weighted by Gasteiger charge is 2.17. The lowest BCUT2D eigenvalue weighted by molar-refractivity contribution is 0.162. The molecule has 0 bridgehead atoms. The number of thiazole rings is 1. The molecular formula is C19H20N2O3S2. The van der Waals surface area contributed by atoms with Crippen LogP contribution in [0, 0.1) is 0 Å². The molecule has 3 aromatic rings. The summed E-state index contributed by atoms with van der Waals surface area (Å²) in [6.45, 7) is 1.98. The summed E-state index contributed by atoms with van der Waals surface area (Å²) in [5.41, 5.74) is 2.94. The van der Waals surface area contributed by atoms with Crippen molar-refractivity contribution < 1.29 is 13.2 Å². The summed E-state index contributed by atoms with van der Waals surface area (Å²) >= 11 is 1.56. The predicted molar refractivity (Wildman–Crippen MR) is 105 cm³/mol. The van der Waals surface area contributed by atoms with E-state index in [0.29, 0.717) is 4.90 Å². The number of nitrogens with one attached hydrogen (secondary N) is 1. The third kappa shape index (κ3) is 3.75. The highest BCUT2D eigenvalue weighted by molar-refractivity contribution is 7.90. The van der Waals surface area contributed by atoms with Crippen molar-refractivity contribution in [2.45, 2.75) is 23.8 Å². The van der Waals surface area contributed by atoms with Crippen LogP contribution in [0.5, 0.6) is 5.19 Å². The quantitative estimate of drug-likeness (QED) is 0.741. The maximum atomic E-state index is 11.6. The molecule has 0 aliphatic carbocycles. The second-order valence-corrected chi connectivity index (χ2v) is 9.53. The van der Waals surface area contributed by atoms with E-state index in [0.717, 1.165) is 52.5 Å². The van der Waals surface area contributed by atoms with Gasteiger partial charge in [0, 0.05) is 6.26 Å². The molecule has 0 atom stereocenters. The van der Waals surface area contributed by atoms with Crippen molar-refractivity contribution in [3.63, 3.8) is 0 Å². The maximum absolute atomic E-state index is 11.6. The molecular weight excluding hydrogens is 368 g/mol. The van der Waals surface area contributed by atoms with Gasteiger partial charge in [0.25, 0.3) is 5.19 Å². The van der Waals surface area contributed by atoms with Gasteiger partial charge >= 0.3 is 0 Å². The number of fused-ring (bicyclic) bond motifs is 1. The van der Waals surface area contributed by atoms with Crippen molar-refractivity contribution in [3.8, 4) is 16.3 Å². The summed E-state index contributed by atoms with van der Waals surface area (Å²) < 4.78 is 30.3. The molecule has 136 valence electrons. The normalized spacial score (nSPS) is 16.0. The van der Waals surface area contributed by atoms with Crippen LogP contribution in [0.3, 0.4) is 0 Å². The van der Waals surface area contributed by atoms with Crippen LogP contribution in [0.1, 0.15) is 12.8 Å². The van der Waals surface area contributed by atoms with Crippen molar-refractivity contribution in [1.82, 2.24) is 10.3 Å². The molecule has 1 aliphatic rings. The van der Waals surface area contributed by atoms with Gasteiger partial charge < -0.3 is 10.1 Å². The van der Waals surface area contributed by atoms with E-state index in [1.807, 2.05) is 24.3 Å². The Kier molecular flexibility index (Phi) is 4.69. The van der Waals surface area contributed by atoms with Crippen molar-refractivity contribution >= 4 is 31.4 Å². The van der Waals surface area contributed by atoms with Crippen LogP contribution in [0.4, 0.5) is 0 Å². The molecule has 1 N–H and O–H groups in total. The molecule has 2 aromatic carbocycles. The van der Waals surface area contributed by atoms with Gasteiger partial charge in [-0.15, -0.1) is 0 Å². The van der Waals surface area contributed by atoms with Crippen LogP contribution in [-0.4, -0.2) is 38.9 Å². The van der Waals surface area contributed by atoms with Crippen molar-refractivity contribution in [2.75, 3.05) is 19.3 Å². The Morgan fingerprint density at radius 3 is 2.46 bits per heavy atom. The summed E-state index contributed by atoms with van der Waals surface area (Å²) in [5, 5.41) is 4.05. The molecule has 1 saturated heterocycles. The Morgan fingerprint density at radius 2 is 1.77 bits per heavy atom. The zero-order chi connectivity index (χ0) is 18.1. The van der Waals surface area contributed by atoms with Crippen molar-refractivity contribution in [3.05, 3.63) is 42.5 Å². The van der Waals surface area contributed by atoms with Gasteiger partial charge in [0.1, 0.15) is 6.10 Å². The van der Waals surface area contributed by atoms with Gasteiger partial charge in [-0.1, -0.05) is 29.5 Å². The molecule has 2 heterocycles. The van der Waals surface area contributed by atoms with E-state index in [2.05, 4.69) is 16.4 Å². The summed E-state index contributed by atoms with van der Waals surface area (Å²) in [6.07, 6.45) is 3.47. The molecule has 5 nitrogen and oxygen atoms in total. The molecule has 26 heavy (non-hydrogen) atoms. The molecule has 0 amide bonds. The van der Waals surface area contributed by atoms with Gasteiger partial charge in [0.15, 0.2) is 9.84 Å². The number of ether oxygens (including phenoxy) is 1. The third-order valence-corrected chi connectivity index (χ3v) is 6.58. The maximum Gasteiger partial charge on any atom is 0.274 e. The number of piperidine rings is 1. The summed E-state index contributed by atoms with van der Waals surface area (Å²) in [7, 11) is -3.18. The fourth-order valence-corrected chi connectivity index (χ4v) is 4.63. The molecule has 0 saturated carbocycles. The second-order valence-electron chi connectivity index (χ2n) is 6.53. The zero-order valence-corrected chi connectivity index (χ0v) is 16.1. The number of rotatable bonds is 4. The Morgan fingerprint density at radius 1 is 1.08 bits per heavy atom. The Balaban J connectivity index is 1.59. The number of benzene rings is 2. The minimum absolute atomic E-state index is 0.236. The molecule has 4 rings (SSSR count). The van der Waals surface area contributed by atoms with Crippen LogP contribution in [-0.2, 0) is 9.84 Å². The van der Waals surface area contributed by atoms with E-state index < -0.39 is 9.84 Å². The van der Waals surface area contributed by atoms with Crippen LogP contribution in [0.25, 0.3) is 21.3 Å². The Labute approximate surface area is 157 Å². The van der Waals surface area contributed by atoms with Crippen LogP contribution in [0.2, 0.25) is 0 Å². The fourth-order valence-electron chi connectivity index (χ4n) is 3.08. The largest absolute Gasteiger partial charge is 0.467 e. The van der Waals surface area contributed by atoms with Gasteiger partial charge in [-0.2, -0.15) is 0 Å². The third-order valence-electron chi connectivity index (χ3n) is 4.54. The lowest BCUT2D eigenvalue weighted by Crippen LogP contribution is -2.34. The van der Waals surface area contributed by atoms with Gasteiger partial charge in [-0.25, -0.2) is 13.4 Å². The average Bonchev–Trinajstić information content (AvgIpc) is 3.03. The lowest BCUT2D eigenvalue weighted by atomic mass is 10.1. The van der Waals surface area contributed by atoms with E-state index >= 15 is 0 Å². The topological polar surface area (TPSA) is 68.3 Å². The van der Waals surface area contributed by atoms with Crippen LogP contribution >= 0.6 is 11.3 Å². The van der Waals surface area contributed by atoms with Gasteiger partial charge in [0.05, 0.1) is 15.1 Å². The van der Waals surface area contributed by atoms with Gasteiger partial charge in [-0.05, 0) is 61.3 Å². The Hall–Kier alpha value is -1.96. The highest BCUT2D eigenvalue weighted by Crippen LogP contribution is 2.33. The summed E-state index contributed by atoms with van der Waals surface area (Å²) in [6, 6.07) is 13.0. The predicted octanol–water partition coefficient (Wildman–Crippen LogP) is 3.50. The van der Waals surface area contributed by atoms with E-state index in [1.54, 1.807) is 23.5 Å². The van der Waals surface area contributed by atoms with E-state index in [4.69, 9.17) is 4.74 Å². The molecule has 0 radical (unpaired) electrons. The van der Waals surface area contributed by atoms with Crippen molar-refractivity contribution in [1.29, 1.82) is 0 Å². The number of nitrogens with zero attached hydrogens (tertiary/aromatic N) is 1. The minimum atomic E-state index is -3.18. The first-order valence-corrected chi connectivity index (χ1v) is 11.3. The van der Waals surface area contributed by atoms with E-state index in [9.17, 15) is 8.42 Å².